The molecule has 7 nitrogen and oxygen atoms in total. The summed E-state index contributed by atoms with van der Waals surface area (Å²) in [6.07, 6.45) is 4.92. The highest BCUT2D eigenvalue weighted by atomic mass is 32.1. The van der Waals surface area contributed by atoms with E-state index >= 15 is 0 Å². The van der Waals surface area contributed by atoms with Crippen LogP contribution < -0.4 is 15.8 Å². The second kappa shape index (κ2) is 9.38. The van der Waals surface area contributed by atoms with Crippen molar-refractivity contribution in [1.29, 1.82) is 0 Å². The summed E-state index contributed by atoms with van der Waals surface area (Å²) in [5, 5.41) is 5.03. The average molecular weight is 474 g/mol. The van der Waals surface area contributed by atoms with Crippen molar-refractivity contribution >= 4 is 33.4 Å². The standard InChI is InChI=1S/C26H27N5O2S/c1-17-5-7-21(8-6-17)31-25(33)23-22(11-15-34-23)29-26(31)30-13-9-19(10-14-30)24(32)28-18(2)20-4-3-12-27-16-20/h3-8,11-12,15-16,18-19H,9-10,13-14H2,1-2H3,(H,28,32)/t18-/m1/s1. The molecule has 5 rings (SSSR count). The molecule has 1 aliphatic rings. The first-order valence-electron chi connectivity index (χ1n) is 11.5. The number of rotatable bonds is 5. The van der Waals surface area contributed by atoms with E-state index in [-0.39, 0.29) is 23.4 Å². The summed E-state index contributed by atoms with van der Waals surface area (Å²) < 4.78 is 2.37. The first-order chi connectivity index (χ1) is 16.5. The number of anilines is 1. The molecular weight excluding hydrogens is 446 g/mol. The van der Waals surface area contributed by atoms with E-state index in [9.17, 15) is 9.59 Å². The number of benzene rings is 1. The van der Waals surface area contributed by atoms with Gasteiger partial charge in [-0.15, -0.1) is 11.3 Å². The highest BCUT2D eigenvalue weighted by Crippen LogP contribution is 2.27. The molecule has 0 saturated carbocycles. The lowest BCUT2D eigenvalue weighted by Crippen LogP contribution is -2.43. The van der Waals surface area contributed by atoms with E-state index in [0.29, 0.717) is 36.6 Å². The van der Waals surface area contributed by atoms with Gasteiger partial charge < -0.3 is 10.2 Å². The smallest absolute Gasteiger partial charge is 0.277 e. The summed E-state index contributed by atoms with van der Waals surface area (Å²) in [6.45, 7) is 5.32. The van der Waals surface area contributed by atoms with Crippen LogP contribution in [-0.2, 0) is 4.79 Å². The number of hydrogen-bond acceptors (Lipinski definition) is 6. The molecule has 174 valence electrons. The van der Waals surface area contributed by atoms with Crippen LogP contribution in [-0.4, -0.2) is 33.5 Å². The maximum atomic E-state index is 13.4. The SMILES string of the molecule is Cc1ccc(-n2c(N3CCC(C(=O)N[C@H](C)c4cccnc4)CC3)nc3ccsc3c2=O)cc1. The van der Waals surface area contributed by atoms with Crippen molar-refractivity contribution < 1.29 is 4.79 Å². The molecule has 4 heterocycles. The fourth-order valence-corrected chi connectivity index (χ4v) is 5.19. The Kier molecular flexibility index (Phi) is 6.15. The number of aromatic nitrogens is 3. The van der Waals surface area contributed by atoms with Gasteiger partial charge in [0.2, 0.25) is 11.9 Å². The number of hydrogen-bond donors (Lipinski definition) is 1. The number of aryl methyl sites for hydroxylation is 1. The van der Waals surface area contributed by atoms with Crippen molar-refractivity contribution in [2.24, 2.45) is 5.92 Å². The second-order valence-electron chi connectivity index (χ2n) is 8.80. The quantitative estimate of drug-likeness (QED) is 0.469. The van der Waals surface area contributed by atoms with Gasteiger partial charge in [-0.25, -0.2) is 9.55 Å². The molecule has 0 spiro atoms. The number of nitrogens with zero attached hydrogens (tertiary/aromatic N) is 4. The summed E-state index contributed by atoms with van der Waals surface area (Å²) in [4.78, 5) is 37.5. The Balaban J connectivity index is 1.36. The van der Waals surface area contributed by atoms with Gasteiger partial charge in [-0.1, -0.05) is 23.8 Å². The third-order valence-corrected chi connectivity index (χ3v) is 7.34. The second-order valence-corrected chi connectivity index (χ2v) is 9.72. The van der Waals surface area contributed by atoms with Crippen molar-refractivity contribution in [2.75, 3.05) is 18.0 Å². The van der Waals surface area contributed by atoms with E-state index in [2.05, 4.69) is 15.2 Å². The fourth-order valence-electron chi connectivity index (χ4n) is 4.43. The Morgan fingerprint density at radius 1 is 1.15 bits per heavy atom. The van der Waals surface area contributed by atoms with Crippen LogP contribution in [0.4, 0.5) is 5.95 Å². The largest absolute Gasteiger partial charge is 0.349 e. The molecule has 0 bridgehead atoms. The van der Waals surface area contributed by atoms with Crippen molar-refractivity contribution in [2.45, 2.75) is 32.7 Å². The van der Waals surface area contributed by atoms with Crippen molar-refractivity contribution in [3.63, 3.8) is 0 Å². The average Bonchev–Trinajstić information content (AvgIpc) is 3.34. The summed E-state index contributed by atoms with van der Waals surface area (Å²) in [7, 11) is 0. The monoisotopic (exact) mass is 473 g/mol. The number of carbonyl (C=O) groups excluding carboxylic acids is 1. The Morgan fingerprint density at radius 3 is 2.62 bits per heavy atom. The van der Waals surface area contributed by atoms with E-state index in [1.165, 1.54) is 11.3 Å². The highest BCUT2D eigenvalue weighted by molar-refractivity contribution is 7.17. The van der Waals surface area contributed by atoms with Crippen molar-refractivity contribution in [1.82, 2.24) is 19.9 Å². The molecule has 1 aliphatic heterocycles. The van der Waals surface area contributed by atoms with Gasteiger partial charge in [0.05, 0.1) is 17.2 Å². The maximum Gasteiger partial charge on any atom is 0.277 e. The lowest BCUT2D eigenvalue weighted by Gasteiger charge is -2.33. The highest BCUT2D eigenvalue weighted by Gasteiger charge is 2.29. The first-order valence-corrected chi connectivity index (χ1v) is 12.4. The van der Waals surface area contributed by atoms with Gasteiger partial charge in [-0.05, 0) is 61.9 Å². The number of thiophene rings is 1. The zero-order chi connectivity index (χ0) is 23.7. The van der Waals surface area contributed by atoms with Gasteiger partial charge in [0, 0.05) is 31.4 Å². The lowest BCUT2D eigenvalue weighted by atomic mass is 9.95. The van der Waals surface area contributed by atoms with Crippen LogP contribution >= 0.6 is 11.3 Å². The molecule has 0 unspecified atom stereocenters. The van der Waals surface area contributed by atoms with E-state index in [1.54, 1.807) is 17.0 Å². The third-order valence-electron chi connectivity index (χ3n) is 6.45. The molecule has 1 N–H and O–H groups in total. The molecule has 3 aromatic heterocycles. The Bertz CT molecular complexity index is 1360. The van der Waals surface area contributed by atoms with Gasteiger partial charge >= 0.3 is 0 Å². The molecular formula is C26H27N5O2S. The summed E-state index contributed by atoms with van der Waals surface area (Å²) in [5.41, 5.74) is 3.60. The maximum absolute atomic E-state index is 13.4. The Labute approximate surface area is 202 Å². The molecule has 0 aliphatic carbocycles. The normalized spacial score (nSPS) is 15.4. The van der Waals surface area contributed by atoms with Gasteiger partial charge in [-0.3, -0.25) is 14.6 Å². The van der Waals surface area contributed by atoms with Gasteiger partial charge in [-0.2, -0.15) is 0 Å². The minimum atomic E-state index is -0.0892. The van der Waals surface area contributed by atoms with E-state index < -0.39 is 0 Å². The molecule has 34 heavy (non-hydrogen) atoms. The minimum Gasteiger partial charge on any atom is -0.349 e. The predicted octanol–water partition coefficient (Wildman–Crippen LogP) is 4.24. The van der Waals surface area contributed by atoms with E-state index in [4.69, 9.17) is 4.98 Å². The molecule has 1 fully saturated rings. The third kappa shape index (κ3) is 4.33. The summed E-state index contributed by atoms with van der Waals surface area (Å²) >= 11 is 1.42. The van der Waals surface area contributed by atoms with Crippen molar-refractivity contribution in [3.8, 4) is 5.69 Å². The summed E-state index contributed by atoms with van der Waals surface area (Å²) in [6, 6.07) is 13.6. The topological polar surface area (TPSA) is 80.1 Å². The van der Waals surface area contributed by atoms with Crippen LogP contribution in [0, 0.1) is 12.8 Å². The van der Waals surface area contributed by atoms with Crippen LogP contribution in [0.2, 0.25) is 0 Å². The molecule has 0 radical (unpaired) electrons. The van der Waals surface area contributed by atoms with Gasteiger partial charge in [0.15, 0.2) is 0 Å². The van der Waals surface area contributed by atoms with Crippen molar-refractivity contribution in [3.05, 3.63) is 81.7 Å². The van der Waals surface area contributed by atoms with E-state index in [0.717, 1.165) is 22.3 Å². The molecule has 1 amide bonds. The number of fused-ring (bicyclic) bond motifs is 1. The molecule has 1 saturated heterocycles. The minimum absolute atomic E-state index is 0.0518. The zero-order valence-electron chi connectivity index (χ0n) is 19.3. The van der Waals surface area contributed by atoms with Crippen LogP contribution in [0.15, 0.2) is 65.0 Å². The molecule has 4 aromatic rings. The number of pyridine rings is 1. The Hall–Kier alpha value is -3.52. The number of carbonyl (C=O) groups is 1. The Morgan fingerprint density at radius 2 is 1.91 bits per heavy atom. The molecule has 1 aromatic carbocycles. The number of nitrogens with one attached hydrogen (secondary N) is 1. The predicted molar refractivity (Wildman–Crippen MR) is 136 cm³/mol. The van der Waals surface area contributed by atoms with Gasteiger partial charge in [0.25, 0.3) is 5.56 Å². The zero-order valence-corrected chi connectivity index (χ0v) is 20.1. The molecule has 1 atom stereocenters. The first kappa shape index (κ1) is 22.3. The van der Waals surface area contributed by atoms with Gasteiger partial charge in [0.1, 0.15) is 4.70 Å². The lowest BCUT2D eigenvalue weighted by molar-refractivity contribution is -0.126. The van der Waals surface area contributed by atoms with Crippen LogP contribution in [0.5, 0.6) is 0 Å². The van der Waals surface area contributed by atoms with E-state index in [1.807, 2.05) is 61.7 Å². The number of amides is 1. The van der Waals surface area contributed by atoms with Crippen LogP contribution in [0.1, 0.15) is 36.9 Å². The summed E-state index contributed by atoms with van der Waals surface area (Å²) in [5.74, 6) is 0.635. The number of piperidine rings is 1. The molecule has 8 heteroatoms. The fraction of sp³-hybridized carbons (Fsp3) is 0.308. The van der Waals surface area contributed by atoms with Crippen LogP contribution in [0.25, 0.3) is 15.9 Å². The van der Waals surface area contributed by atoms with Crippen LogP contribution in [0.3, 0.4) is 0 Å².